The Balaban J connectivity index is 1.68. The van der Waals surface area contributed by atoms with E-state index in [1.54, 1.807) is 19.1 Å². The molecule has 0 spiro atoms. The van der Waals surface area contributed by atoms with Gasteiger partial charge in [0.25, 0.3) is 0 Å². The van der Waals surface area contributed by atoms with Crippen molar-refractivity contribution >= 4 is 15.7 Å². The van der Waals surface area contributed by atoms with Gasteiger partial charge in [-0.25, -0.2) is 12.8 Å². The van der Waals surface area contributed by atoms with Crippen molar-refractivity contribution in [3.8, 4) is 0 Å². The molecule has 4 aliphatic carbocycles. The van der Waals surface area contributed by atoms with Crippen molar-refractivity contribution in [2.75, 3.05) is 4.72 Å². The van der Waals surface area contributed by atoms with Crippen LogP contribution in [0.25, 0.3) is 0 Å². The van der Waals surface area contributed by atoms with Gasteiger partial charge in [0.1, 0.15) is 5.82 Å². The molecular weight excluding hydrogens is 301 g/mol. The lowest BCUT2D eigenvalue weighted by atomic mass is 9.56. The second-order valence-corrected chi connectivity index (χ2v) is 9.70. The van der Waals surface area contributed by atoms with Crippen molar-refractivity contribution in [3.05, 3.63) is 29.6 Å². The van der Waals surface area contributed by atoms with Crippen LogP contribution in [0.2, 0.25) is 0 Å². The lowest BCUT2D eigenvalue weighted by molar-refractivity contribution is 0.0341. The number of anilines is 1. The summed E-state index contributed by atoms with van der Waals surface area (Å²) in [6, 6.07) is 4.56. The van der Waals surface area contributed by atoms with Gasteiger partial charge in [-0.05, 0) is 75.3 Å². The molecule has 3 nitrogen and oxygen atoms in total. The van der Waals surface area contributed by atoms with E-state index in [0.29, 0.717) is 29.0 Å². The molecule has 0 aromatic heterocycles. The molecule has 4 saturated carbocycles. The first-order valence-electron chi connectivity index (χ1n) is 8.16. The fraction of sp³-hybridized carbons (Fsp3) is 0.647. The maximum absolute atomic E-state index is 13.7. The highest BCUT2D eigenvalue weighted by Gasteiger charge is 2.57. The molecule has 0 radical (unpaired) electrons. The maximum atomic E-state index is 13.7. The van der Waals surface area contributed by atoms with Crippen LogP contribution in [0.15, 0.2) is 18.2 Å². The Bertz CT molecular complexity index is 678. The highest BCUT2D eigenvalue weighted by atomic mass is 32.2. The molecule has 0 amide bonds. The minimum absolute atomic E-state index is 0.370. The largest absolute Gasteiger partial charge is 0.283 e. The Morgan fingerprint density at radius 2 is 1.64 bits per heavy atom. The van der Waals surface area contributed by atoms with E-state index >= 15 is 0 Å². The summed E-state index contributed by atoms with van der Waals surface area (Å²) in [5.74, 6) is 1.33. The van der Waals surface area contributed by atoms with Crippen LogP contribution in [0.4, 0.5) is 10.1 Å². The molecule has 22 heavy (non-hydrogen) atoms. The van der Waals surface area contributed by atoms with Gasteiger partial charge >= 0.3 is 0 Å². The zero-order valence-electron chi connectivity index (χ0n) is 12.8. The summed E-state index contributed by atoms with van der Waals surface area (Å²) < 4.78 is 41.9. The van der Waals surface area contributed by atoms with Crippen LogP contribution in [-0.2, 0) is 10.0 Å². The molecule has 0 aliphatic heterocycles. The normalized spacial score (nSPS) is 36.5. The van der Waals surface area contributed by atoms with Crippen LogP contribution >= 0.6 is 0 Å². The minimum Gasteiger partial charge on any atom is -0.283 e. The number of nitrogens with one attached hydrogen (secondary N) is 1. The summed E-state index contributed by atoms with van der Waals surface area (Å²) in [6.07, 6.45) is 5.95. The summed E-state index contributed by atoms with van der Waals surface area (Å²) in [4.78, 5) is 0. The van der Waals surface area contributed by atoms with E-state index in [9.17, 15) is 12.8 Å². The van der Waals surface area contributed by atoms with Crippen molar-refractivity contribution in [1.29, 1.82) is 0 Å². The highest BCUT2D eigenvalue weighted by Crippen LogP contribution is 2.58. The Labute approximate surface area is 131 Å². The molecule has 5 heteroatoms. The quantitative estimate of drug-likeness (QED) is 0.918. The van der Waals surface area contributed by atoms with Crippen LogP contribution in [0.3, 0.4) is 0 Å². The standard InChI is InChI=1S/C17H22FNO2S/c1-11-15(18)3-2-4-16(11)19-22(20,21)17-8-12-5-13(9-17)7-14(6-12)10-17/h2-4,12-14,19H,5-10H2,1H3. The van der Waals surface area contributed by atoms with E-state index in [0.717, 1.165) is 19.3 Å². The Hall–Kier alpha value is -1.10. The SMILES string of the molecule is Cc1c(F)cccc1NS(=O)(=O)C12CC3CC(CC(C3)C1)C2. The van der Waals surface area contributed by atoms with Crippen LogP contribution in [0, 0.1) is 30.5 Å². The lowest BCUT2D eigenvalue weighted by Gasteiger charge is -2.55. The first kappa shape index (κ1) is 14.5. The van der Waals surface area contributed by atoms with E-state index in [1.165, 1.54) is 25.3 Å². The fourth-order valence-electron chi connectivity index (χ4n) is 5.33. The minimum atomic E-state index is -3.49. The van der Waals surface area contributed by atoms with Crippen molar-refractivity contribution in [1.82, 2.24) is 0 Å². The van der Waals surface area contributed by atoms with Crippen LogP contribution in [0.1, 0.15) is 44.1 Å². The van der Waals surface area contributed by atoms with E-state index in [4.69, 9.17) is 0 Å². The summed E-state index contributed by atoms with van der Waals surface area (Å²) in [7, 11) is -3.49. The third-order valence-electron chi connectivity index (χ3n) is 6.06. The monoisotopic (exact) mass is 323 g/mol. The molecule has 0 unspecified atom stereocenters. The van der Waals surface area contributed by atoms with Crippen LogP contribution in [0.5, 0.6) is 0 Å². The Kier molecular flexibility index (Phi) is 3.09. The molecule has 120 valence electrons. The molecule has 4 aliphatic rings. The van der Waals surface area contributed by atoms with Gasteiger partial charge < -0.3 is 0 Å². The second kappa shape index (κ2) is 4.70. The molecule has 0 atom stereocenters. The second-order valence-electron chi connectivity index (χ2n) is 7.62. The summed E-state index contributed by atoms with van der Waals surface area (Å²) in [6.45, 7) is 1.62. The van der Waals surface area contributed by atoms with Gasteiger partial charge in [0.05, 0.1) is 10.4 Å². The molecule has 4 bridgehead atoms. The molecule has 1 N–H and O–H groups in total. The topological polar surface area (TPSA) is 46.2 Å². The number of hydrogen-bond donors (Lipinski definition) is 1. The predicted molar refractivity (Wildman–Crippen MR) is 84.6 cm³/mol. The van der Waals surface area contributed by atoms with Crippen molar-refractivity contribution < 1.29 is 12.8 Å². The molecular formula is C17H22FNO2S. The predicted octanol–water partition coefficient (Wildman–Crippen LogP) is 3.84. The molecule has 1 aromatic rings. The lowest BCUT2D eigenvalue weighted by Crippen LogP contribution is -2.56. The molecule has 1 aromatic carbocycles. The van der Waals surface area contributed by atoms with Crippen molar-refractivity contribution in [3.63, 3.8) is 0 Å². The third-order valence-corrected chi connectivity index (χ3v) is 8.19. The van der Waals surface area contributed by atoms with E-state index < -0.39 is 14.8 Å². The van der Waals surface area contributed by atoms with Crippen molar-refractivity contribution in [2.45, 2.75) is 50.2 Å². The summed E-state index contributed by atoms with van der Waals surface area (Å²) in [5.41, 5.74) is 0.756. The average molecular weight is 323 g/mol. The Morgan fingerprint density at radius 3 is 2.18 bits per heavy atom. The fourth-order valence-corrected chi connectivity index (χ4v) is 7.42. The number of rotatable bonds is 3. The zero-order valence-corrected chi connectivity index (χ0v) is 13.6. The number of benzene rings is 1. The number of sulfonamides is 1. The van der Waals surface area contributed by atoms with E-state index in [1.807, 2.05) is 0 Å². The van der Waals surface area contributed by atoms with E-state index in [2.05, 4.69) is 4.72 Å². The first-order chi connectivity index (χ1) is 10.4. The van der Waals surface area contributed by atoms with Gasteiger partial charge in [-0.3, -0.25) is 4.72 Å². The van der Waals surface area contributed by atoms with E-state index in [-0.39, 0.29) is 5.82 Å². The molecule has 4 fully saturated rings. The van der Waals surface area contributed by atoms with Crippen LogP contribution in [-0.4, -0.2) is 13.2 Å². The molecule has 5 rings (SSSR count). The van der Waals surface area contributed by atoms with Gasteiger partial charge in [0.2, 0.25) is 10.0 Å². The smallest absolute Gasteiger partial charge is 0.238 e. The molecule has 0 saturated heterocycles. The van der Waals surface area contributed by atoms with Crippen LogP contribution < -0.4 is 4.72 Å². The highest BCUT2D eigenvalue weighted by molar-refractivity contribution is 7.94. The summed E-state index contributed by atoms with van der Waals surface area (Å²) in [5, 5.41) is 0. The Morgan fingerprint density at radius 1 is 1.09 bits per heavy atom. The van der Waals surface area contributed by atoms with Gasteiger partial charge in [-0.2, -0.15) is 0 Å². The average Bonchev–Trinajstić information content (AvgIpc) is 2.42. The van der Waals surface area contributed by atoms with Gasteiger partial charge in [-0.15, -0.1) is 0 Å². The number of hydrogen-bond acceptors (Lipinski definition) is 2. The zero-order chi connectivity index (χ0) is 15.5. The van der Waals surface area contributed by atoms with Gasteiger partial charge in [-0.1, -0.05) is 6.07 Å². The van der Waals surface area contributed by atoms with Gasteiger partial charge in [0, 0.05) is 5.56 Å². The number of halogens is 1. The summed E-state index contributed by atoms with van der Waals surface area (Å²) >= 11 is 0. The molecule has 0 heterocycles. The van der Waals surface area contributed by atoms with Gasteiger partial charge in [0.15, 0.2) is 0 Å². The van der Waals surface area contributed by atoms with Crippen molar-refractivity contribution in [2.24, 2.45) is 17.8 Å². The maximum Gasteiger partial charge on any atom is 0.238 e. The third kappa shape index (κ3) is 2.08. The first-order valence-corrected chi connectivity index (χ1v) is 9.64.